The maximum Gasteiger partial charge on any atom is 0.364 e. The third kappa shape index (κ3) is 2.35. The van der Waals surface area contributed by atoms with Crippen molar-refractivity contribution in [3.8, 4) is 0 Å². The highest BCUT2D eigenvalue weighted by atomic mass is 19.1. The normalized spacial score (nSPS) is 11.5. The number of carbonyl (C=O) groups is 1. The second kappa shape index (κ2) is 3.95. The molecule has 0 amide bonds. The van der Waals surface area contributed by atoms with E-state index < -0.39 is 29.0 Å². The summed E-state index contributed by atoms with van der Waals surface area (Å²) in [4.78, 5) is 10.0. The van der Waals surface area contributed by atoms with E-state index in [0.717, 1.165) is 12.1 Å². The van der Waals surface area contributed by atoms with E-state index in [4.69, 9.17) is 5.11 Å². The SMILES string of the molecule is O=C(O)C(F)=Cc1cc(F)ccc1F. The number of carboxylic acids is 1. The van der Waals surface area contributed by atoms with Crippen LogP contribution in [0.4, 0.5) is 13.2 Å². The molecule has 0 aliphatic rings. The minimum Gasteiger partial charge on any atom is -0.476 e. The molecule has 14 heavy (non-hydrogen) atoms. The number of rotatable bonds is 2. The van der Waals surface area contributed by atoms with Gasteiger partial charge in [0.15, 0.2) is 0 Å². The zero-order valence-corrected chi connectivity index (χ0v) is 6.80. The van der Waals surface area contributed by atoms with E-state index in [9.17, 15) is 18.0 Å². The molecule has 1 N–H and O–H groups in total. The molecule has 0 aliphatic carbocycles. The van der Waals surface area contributed by atoms with Crippen LogP contribution in [0.15, 0.2) is 24.0 Å². The first-order valence-corrected chi connectivity index (χ1v) is 3.56. The Morgan fingerprint density at radius 1 is 1.36 bits per heavy atom. The van der Waals surface area contributed by atoms with Crippen molar-refractivity contribution in [1.29, 1.82) is 0 Å². The molecule has 0 saturated carbocycles. The molecule has 0 fully saturated rings. The van der Waals surface area contributed by atoms with Gasteiger partial charge >= 0.3 is 5.97 Å². The molecule has 0 aromatic heterocycles. The van der Waals surface area contributed by atoms with Crippen molar-refractivity contribution in [2.75, 3.05) is 0 Å². The largest absolute Gasteiger partial charge is 0.476 e. The van der Waals surface area contributed by atoms with E-state index >= 15 is 0 Å². The minimum atomic E-state index is -1.83. The van der Waals surface area contributed by atoms with Crippen molar-refractivity contribution in [3.05, 3.63) is 41.2 Å². The van der Waals surface area contributed by atoms with Gasteiger partial charge in [-0.15, -0.1) is 0 Å². The lowest BCUT2D eigenvalue weighted by atomic mass is 10.2. The molecule has 1 rings (SSSR count). The molecule has 0 aliphatic heterocycles. The van der Waals surface area contributed by atoms with Gasteiger partial charge in [-0.25, -0.2) is 13.6 Å². The summed E-state index contributed by atoms with van der Waals surface area (Å²) in [5, 5.41) is 8.14. The Balaban J connectivity index is 3.13. The Morgan fingerprint density at radius 2 is 2.00 bits per heavy atom. The van der Waals surface area contributed by atoms with Crippen molar-refractivity contribution >= 4 is 12.0 Å². The quantitative estimate of drug-likeness (QED) is 0.747. The predicted molar refractivity (Wildman–Crippen MR) is 43.1 cm³/mol. The van der Waals surface area contributed by atoms with Crippen LogP contribution in [0.5, 0.6) is 0 Å². The third-order valence-corrected chi connectivity index (χ3v) is 1.44. The Morgan fingerprint density at radius 3 is 2.57 bits per heavy atom. The van der Waals surface area contributed by atoms with Gasteiger partial charge in [-0.3, -0.25) is 0 Å². The zero-order valence-electron chi connectivity index (χ0n) is 6.80. The number of carboxylic acid groups (broad SMARTS) is 1. The van der Waals surface area contributed by atoms with Gasteiger partial charge in [-0.05, 0) is 24.3 Å². The van der Waals surface area contributed by atoms with E-state index in [-0.39, 0.29) is 0 Å². The van der Waals surface area contributed by atoms with E-state index in [0.29, 0.717) is 12.1 Å². The Hall–Kier alpha value is -1.78. The number of benzene rings is 1. The summed E-state index contributed by atoms with van der Waals surface area (Å²) in [6.07, 6.45) is 0.417. The van der Waals surface area contributed by atoms with E-state index in [1.54, 1.807) is 0 Å². The average Bonchev–Trinajstić information content (AvgIpc) is 2.11. The van der Waals surface area contributed by atoms with Crippen LogP contribution >= 0.6 is 0 Å². The second-order valence-corrected chi connectivity index (χ2v) is 2.46. The van der Waals surface area contributed by atoms with Crippen LogP contribution in [0.1, 0.15) is 5.56 Å². The average molecular weight is 202 g/mol. The molecule has 0 heterocycles. The van der Waals surface area contributed by atoms with Crippen molar-refractivity contribution < 1.29 is 23.1 Å². The van der Waals surface area contributed by atoms with Crippen molar-refractivity contribution in [3.63, 3.8) is 0 Å². The van der Waals surface area contributed by atoms with Gasteiger partial charge in [0.25, 0.3) is 0 Å². The van der Waals surface area contributed by atoms with Gasteiger partial charge in [-0.1, -0.05) is 0 Å². The van der Waals surface area contributed by atoms with Crippen LogP contribution in [-0.4, -0.2) is 11.1 Å². The van der Waals surface area contributed by atoms with E-state index in [1.807, 2.05) is 0 Å². The summed E-state index contributed by atoms with van der Waals surface area (Å²) < 4.78 is 37.9. The molecule has 2 nitrogen and oxygen atoms in total. The summed E-state index contributed by atoms with van der Waals surface area (Å²) in [6.45, 7) is 0. The summed E-state index contributed by atoms with van der Waals surface area (Å²) in [5.41, 5.74) is -0.440. The molecule has 0 atom stereocenters. The van der Waals surface area contributed by atoms with Gasteiger partial charge in [-0.2, -0.15) is 4.39 Å². The molecule has 5 heteroatoms. The number of aliphatic carboxylic acids is 1. The van der Waals surface area contributed by atoms with Crippen LogP contribution in [0, 0.1) is 11.6 Å². The first kappa shape index (κ1) is 10.3. The fourth-order valence-electron chi connectivity index (χ4n) is 0.823. The molecular formula is C9H5F3O2. The zero-order chi connectivity index (χ0) is 10.7. The summed E-state index contributed by atoms with van der Waals surface area (Å²) >= 11 is 0. The molecule has 74 valence electrons. The smallest absolute Gasteiger partial charge is 0.364 e. The molecule has 0 bridgehead atoms. The lowest BCUT2D eigenvalue weighted by Crippen LogP contribution is -1.95. The topological polar surface area (TPSA) is 37.3 Å². The summed E-state index contributed by atoms with van der Waals surface area (Å²) in [5.74, 6) is -5.03. The highest BCUT2D eigenvalue weighted by molar-refractivity contribution is 5.89. The van der Waals surface area contributed by atoms with Crippen molar-refractivity contribution in [2.24, 2.45) is 0 Å². The first-order chi connectivity index (χ1) is 6.50. The Kier molecular flexibility index (Phi) is 2.91. The van der Waals surface area contributed by atoms with Crippen LogP contribution in [0.2, 0.25) is 0 Å². The van der Waals surface area contributed by atoms with Crippen LogP contribution in [0.3, 0.4) is 0 Å². The highest BCUT2D eigenvalue weighted by Crippen LogP contribution is 2.14. The molecule has 1 aromatic carbocycles. The van der Waals surface area contributed by atoms with Gasteiger partial charge in [0.1, 0.15) is 11.6 Å². The van der Waals surface area contributed by atoms with Gasteiger partial charge in [0.2, 0.25) is 5.83 Å². The third-order valence-electron chi connectivity index (χ3n) is 1.44. The first-order valence-electron chi connectivity index (χ1n) is 3.56. The monoisotopic (exact) mass is 202 g/mol. The number of hydrogen-bond donors (Lipinski definition) is 1. The van der Waals surface area contributed by atoms with Gasteiger partial charge in [0.05, 0.1) is 0 Å². The van der Waals surface area contributed by atoms with Gasteiger partial charge < -0.3 is 5.11 Å². The maximum atomic E-state index is 12.8. The Bertz CT molecular complexity index is 399. The molecule has 1 aromatic rings. The number of hydrogen-bond acceptors (Lipinski definition) is 1. The Labute approximate surface area is 77.3 Å². The van der Waals surface area contributed by atoms with E-state index in [1.165, 1.54) is 0 Å². The fourth-order valence-corrected chi connectivity index (χ4v) is 0.823. The highest BCUT2D eigenvalue weighted by Gasteiger charge is 2.08. The van der Waals surface area contributed by atoms with Crippen LogP contribution in [0.25, 0.3) is 6.08 Å². The van der Waals surface area contributed by atoms with Crippen LogP contribution < -0.4 is 0 Å². The standard InChI is InChI=1S/C9H5F3O2/c10-6-1-2-7(11)5(3-6)4-8(12)9(13)14/h1-4H,(H,13,14). The molecule has 0 saturated heterocycles. The summed E-state index contributed by atoms with van der Waals surface area (Å²) in [6, 6.07) is 2.35. The number of halogens is 3. The summed E-state index contributed by atoms with van der Waals surface area (Å²) in [7, 11) is 0. The van der Waals surface area contributed by atoms with Crippen molar-refractivity contribution in [1.82, 2.24) is 0 Å². The maximum absolute atomic E-state index is 12.8. The predicted octanol–water partition coefficient (Wildman–Crippen LogP) is 2.36. The van der Waals surface area contributed by atoms with E-state index in [2.05, 4.69) is 0 Å². The molecule has 0 spiro atoms. The lowest BCUT2D eigenvalue weighted by molar-refractivity contribution is -0.134. The fraction of sp³-hybridized carbons (Fsp3) is 0. The minimum absolute atomic E-state index is 0.417. The molecular weight excluding hydrogens is 197 g/mol. The second-order valence-electron chi connectivity index (χ2n) is 2.46. The molecule has 0 radical (unpaired) electrons. The van der Waals surface area contributed by atoms with Gasteiger partial charge in [0, 0.05) is 5.56 Å². The molecule has 0 unspecified atom stereocenters. The van der Waals surface area contributed by atoms with Crippen molar-refractivity contribution in [2.45, 2.75) is 0 Å². The van der Waals surface area contributed by atoms with Crippen LogP contribution in [-0.2, 0) is 4.79 Å². The lowest BCUT2D eigenvalue weighted by Gasteiger charge is -1.96.